The molecule has 7 heteroatoms. The fraction of sp³-hybridized carbons (Fsp3) is 0.222. The van der Waals surface area contributed by atoms with E-state index in [-0.39, 0.29) is 10.5 Å². The first-order valence-electron chi connectivity index (χ1n) is 7.79. The van der Waals surface area contributed by atoms with Gasteiger partial charge < -0.3 is 5.32 Å². The molecule has 2 amide bonds. The number of carbonyl (C=O) groups excluding carboxylic acids is 2. The van der Waals surface area contributed by atoms with Gasteiger partial charge in [-0.05, 0) is 50.1 Å². The first-order valence-corrected chi connectivity index (χ1v) is 9.23. The van der Waals surface area contributed by atoms with E-state index in [9.17, 15) is 18.0 Å². The number of sulfonamides is 1. The Morgan fingerprint density at radius 3 is 2.48 bits per heavy atom. The molecule has 0 saturated carbocycles. The SMILES string of the molecule is Cc1ccc(C)c(NC(=O)[C@H](C)N2C(=O)c3ccccc3S2(=O)=O)c1. The Bertz CT molecular complexity index is 982. The van der Waals surface area contributed by atoms with Gasteiger partial charge in [0.05, 0.1) is 5.56 Å². The molecule has 25 heavy (non-hydrogen) atoms. The van der Waals surface area contributed by atoms with Crippen LogP contribution in [0.1, 0.15) is 28.4 Å². The molecule has 0 saturated heterocycles. The zero-order chi connectivity index (χ0) is 18.4. The number of hydrogen-bond acceptors (Lipinski definition) is 4. The Morgan fingerprint density at radius 2 is 1.80 bits per heavy atom. The lowest BCUT2D eigenvalue weighted by Crippen LogP contribution is -2.45. The van der Waals surface area contributed by atoms with Crippen LogP contribution in [0.4, 0.5) is 5.69 Å². The summed E-state index contributed by atoms with van der Waals surface area (Å²) in [5.41, 5.74) is 2.50. The van der Waals surface area contributed by atoms with Gasteiger partial charge in [0.1, 0.15) is 10.9 Å². The van der Waals surface area contributed by atoms with E-state index < -0.39 is 27.9 Å². The Morgan fingerprint density at radius 1 is 1.12 bits per heavy atom. The number of amides is 2. The summed E-state index contributed by atoms with van der Waals surface area (Å²) in [4.78, 5) is 25.0. The van der Waals surface area contributed by atoms with Gasteiger partial charge in [-0.1, -0.05) is 24.3 Å². The molecule has 1 aliphatic heterocycles. The third-order valence-corrected chi connectivity index (χ3v) is 6.15. The van der Waals surface area contributed by atoms with Crippen molar-refractivity contribution in [2.24, 2.45) is 0 Å². The van der Waals surface area contributed by atoms with Crippen molar-refractivity contribution in [1.29, 1.82) is 0 Å². The smallest absolute Gasteiger partial charge is 0.269 e. The Kier molecular flexibility index (Phi) is 4.12. The summed E-state index contributed by atoms with van der Waals surface area (Å²) in [5.74, 6) is -1.24. The third kappa shape index (κ3) is 2.80. The number of benzene rings is 2. The minimum Gasteiger partial charge on any atom is -0.324 e. The van der Waals surface area contributed by atoms with Gasteiger partial charge in [0.25, 0.3) is 15.9 Å². The van der Waals surface area contributed by atoms with Crippen molar-refractivity contribution >= 4 is 27.5 Å². The van der Waals surface area contributed by atoms with Crippen molar-refractivity contribution in [2.75, 3.05) is 5.32 Å². The maximum absolute atomic E-state index is 12.6. The molecule has 0 unspecified atom stereocenters. The van der Waals surface area contributed by atoms with Gasteiger partial charge in [0, 0.05) is 5.69 Å². The quantitative estimate of drug-likeness (QED) is 0.914. The summed E-state index contributed by atoms with van der Waals surface area (Å²) in [6.45, 7) is 5.14. The van der Waals surface area contributed by atoms with Crippen LogP contribution in [0.3, 0.4) is 0 Å². The third-order valence-electron chi connectivity index (χ3n) is 4.24. The normalized spacial score (nSPS) is 16.4. The summed E-state index contributed by atoms with van der Waals surface area (Å²) in [7, 11) is -4.03. The minimum absolute atomic E-state index is 0.0635. The second-order valence-corrected chi connectivity index (χ2v) is 7.87. The topological polar surface area (TPSA) is 83.6 Å². The molecule has 130 valence electrons. The maximum Gasteiger partial charge on any atom is 0.269 e. The number of aryl methyl sites for hydroxylation is 2. The minimum atomic E-state index is -4.03. The lowest BCUT2D eigenvalue weighted by molar-refractivity contribution is -0.118. The molecule has 0 spiro atoms. The molecular weight excluding hydrogens is 340 g/mol. The molecule has 6 nitrogen and oxygen atoms in total. The van der Waals surface area contributed by atoms with E-state index in [0.29, 0.717) is 9.99 Å². The van der Waals surface area contributed by atoms with Crippen LogP contribution in [0.15, 0.2) is 47.4 Å². The van der Waals surface area contributed by atoms with Crippen LogP contribution in [0, 0.1) is 13.8 Å². The molecule has 0 aromatic heterocycles. The second-order valence-electron chi connectivity index (χ2n) is 6.09. The monoisotopic (exact) mass is 358 g/mol. The number of anilines is 1. The highest BCUT2D eigenvalue weighted by Crippen LogP contribution is 2.32. The first kappa shape index (κ1) is 17.2. The van der Waals surface area contributed by atoms with Crippen molar-refractivity contribution in [3.8, 4) is 0 Å². The van der Waals surface area contributed by atoms with Crippen molar-refractivity contribution in [3.63, 3.8) is 0 Å². The zero-order valence-corrected chi connectivity index (χ0v) is 14.9. The van der Waals surface area contributed by atoms with Crippen molar-refractivity contribution < 1.29 is 18.0 Å². The molecule has 0 aliphatic carbocycles. The van der Waals surface area contributed by atoms with Gasteiger partial charge >= 0.3 is 0 Å². The van der Waals surface area contributed by atoms with Gasteiger partial charge in [0.15, 0.2) is 0 Å². The Balaban J connectivity index is 1.91. The van der Waals surface area contributed by atoms with Crippen LogP contribution >= 0.6 is 0 Å². The van der Waals surface area contributed by atoms with Crippen LogP contribution in [-0.4, -0.2) is 30.6 Å². The number of hydrogen-bond donors (Lipinski definition) is 1. The van der Waals surface area contributed by atoms with Crippen molar-refractivity contribution in [2.45, 2.75) is 31.7 Å². The predicted octanol–water partition coefficient (Wildman–Crippen LogP) is 2.48. The molecule has 0 fully saturated rings. The van der Waals surface area contributed by atoms with E-state index in [1.165, 1.54) is 19.1 Å². The van der Waals surface area contributed by atoms with Gasteiger partial charge in [-0.25, -0.2) is 12.7 Å². The van der Waals surface area contributed by atoms with Crippen molar-refractivity contribution in [1.82, 2.24) is 4.31 Å². The number of carbonyl (C=O) groups is 2. The first-order chi connectivity index (χ1) is 11.7. The fourth-order valence-electron chi connectivity index (χ4n) is 2.80. The molecule has 0 bridgehead atoms. The lowest BCUT2D eigenvalue weighted by Gasteiger charge is -2.22. The van der Waals surface area contributed by atoms with Crippen LogP contribution in [0.2, 0.25) is 0 Å². The van der Waals surface area contributed by atoms with Gasteiger partial charge in [-0.3, -0.25) is 9.59 Å². The molecule has 1 atom stereocenters. The highest BCUT2D eigenvalue weighted by molar-refractivity contribution is 7.90. The largest absolute Gasteiger partial charge is 0.324 e. The van der Waals surface area contributed by atoms with Crippen LogP contribution in [0.5, 0.6) is 0 Å². The number of fused-ring (bicyclic) bond motifs is 1. The Labute approximate surface area is 146 Å². The number of nitrogens with one attached hydrogen (secondary N) is 1. The standard InChI is InChI=1S/C18H18N2O4S/c1-11-8-9-12(2)15(10-11)19-17(21)13(3)20-18(22)14-6-4-5-7-16(14)25(20,23)24/h4-10,13H,1-3H3,(H,19,21)/t13-/m0/s1. The summed E-state index contributed by atoms with van der Waals surface area (Å²) >= 11 is 0. The lowest BCUT2D eigenvalue weighted by atomic mass is 10.1. The molecule has 0 radical (unpaired) electrons. The van der Waals surface area contributed by atoms with Gasteiger partial charge in [-0.2, -0.15) is 0 Å². The highest BCUT2D eigenvalue weighted by atomic mass is 32.2. The summed E-state index contributed by atoms with van der Waals surface area (Å²) < 4.78 is 25.9. The summed E-state index contributed by atoms with van der Waals surface area (Å²) in [5, 5.41) is 2.72. The maximum atomic E-state index is 12.6. The van der Waals surface area contributed by atoms with E-state index in [0.717, 1.165) is 11.1 Å². The van der Waals surface area contributed by atoms with Crippen LogP contribution < -0.4 is 5.32 Å². The molecule has 2 aromatic carbocycles. The molecule has 2 aromatic rings. The molecular formula is C18H18N2O4S. The van der Waals surface area contributed by atoms with Crippen molar-refractivity contribution in [3.05, 3.63) is 59.2 Å². The van der Waals surface area contributed by atoms with E-state index >= 15 is 0 Å². The van der Waals surface area contributed by atoms with Crippen LogP contribution in [0.25, 0.3) is 0 Å². The fourth-order valence-corrected chi connectivity index (χ4v) is 4.52. The summed E-state index contributed by atoms with van der Waals surface area (Å²) in [6.07, 6.45) is 0. The average Bonchev–Trinajstić information content (AvgIpc) is 2.77. The predicted molar refractivity (Wildman–Crippen MR) is 93.8 cm³/mol. The molecule has 1 N–H and O–H groups in total. The van der Waals surface area contributed by atoms with E-state index in [4.69, 9.17) is 0 Å². The van der Waals surface area contributed by atoms with Gasteiger partial charge in [-0.15, -0.1) is 0 Å². The summed E-state index contributed by atoms with van der Waals surface area (Å²) in [6, 6.07) is 10.4. The highest BCUT2D eigenvalue weighted by Gasteiger charge is 2.45. The average molecular weight is 358 g/mol. The molecule has 1 heterocycles. The van der Waals surface area contributed by atoms with E-state index in [2.05, 4.69) is 5.32 Å². The second kappa shape index (κ2) is 6.00. The van der Waals surface area contributed by atoms with Gasteiger partial charge in [0.2, 0.25) is 5.91 Å². The molecule has 3 rings (SSSR count). The zero-order valence-electron chi connectivity index (χ0n) is 14.1. The Hall–Kier alpha value is -2.67. The number of nitrogens with zero attached hydrogens (tertiary/aromatic N) is 1. The number of rotatable bonds is 3. The molecule has 1 aliphatic rings. The van der Waals surface area contributed by atoms with E-state index in [1.54, 1.807) is 18.2 Å². The van der Waals surface area contributed by atoms with E-state index in [1.807, 2.05) is 26.0 Å². The van der Waals surface area contributed by atoms with Crippen LogP contribution in [-0.2, 0) is 14.8 Å².